The maximum atomic E-state index is 10.6. The van der Waals surface area contributed by atoms with E-state index in [-0.39, 0.29) is 6.54 Å². The Balaban J connectivity index is 2.71. The van der Waals surface area contributed by atoms with E-state index in [1.807, 2.05) is 5.32 Å². The van der Waals surface area contributed by atoms with Crippen molar-refractivity contribution in [3.05, 3.63) is 11.1 Å². The van der Waals surface area contributed by atoms with Gasteiger partial charge >= 0.3 is 6.03 Å². The number of halogens is 1. The molecule has 2 N–H and O–H groups in total. The molecule has 0 radical (unpaired) electrons. The molecule has 5 heteroatoms. The van der Waals surface area contributed by atoms with Gasteiger partial charge in [0, 0.05) is 11.1 Å². The molecular weight excluding hydrogens is 156 g/mol. The van der Waals surface area contributed by atoms with Gasteiger partial charge in [0.2, 0.25) is 0 Å². The quantitative estimate of drug-likeness (QED) is 0.522. The number of rotatable bonds is 0. The molecule has 0 aromatic carbocycles. The second-order valence-corrected chi connectivity index (χ2v) is 2.25. The van der Waals surface area contributed by atoms with Crippen LogP contribution in [0.4, 0.5) is 4.79 Å². The van der Waals surface area contributed by atoms with Crippen molar-refractivity contribution >= 4 is 23.5 Å². The van der Waals surface area contributed by atoms with Gasteiger partial charge < -0.3 is 5.32 Å². The van der Waals surface area contributed by atoms with Crippen LogP contribution < -0.4 is 10.6 Å². The van der Waals surface area contributed by atoms with Gasteiger partial charge in [-0.3, -0.25) is 10.1 Å². The van der Waals surface area contributed by atoms with Crippen molar-refractivity contribution in [2.45, 2.75) is 0 Å². The van der Waals surface area contributed by atoms with Gasteiger partial charge in [-0.2, -0.15) is 0 Å². The first kappa shape index (κ1) is 7.08. The molecular formula is C5H5ClN2O2. The average Bonchev–Trinajstić information content (AvgIpc) is 1.93. The first-order valence-electron chi connectivity index (χ1n) is 2.63. The molecule has 0 spiro atoms. The normalized spacial score (nSPS) is 18.7. The Morgan fingerprint density at radius 1 is 1.50 bits per heavy atom. The van der Waals surface area contributed by atoms with Crippen molar-refractivity contribution in [3.63, 3.8) is 0 Å². The van der Waals surface area contributed by atoms with Crippen molar-refractivity contribution in [3.8, 4) is 0 Å². The van der Waals surface area contributed by atoms with Gasteiger partial charge in [-0.1, -0.05) is 11.6 Å². The maximum Gasteiger partial charge on any atom is 0.321 e. The van der Waals surface area contributed by atoms with E-state index in [0.29, 0.717) is 5.03 Å². The maximum absolute atomic E-state index is 10.6. The molecule has 1 aliphatic heterocycles. The van der Waals surface area contributed by atoms with Gasteiger partial charge in [0.15, 0.2) is 0 Å². The third-order valence-corrected chi connectivity index (χ3v) is 1.19. The number of carbonyl (C=O) groups excluding carboxylic acids is 2. The van der Waals surface area contributed by atoms with Crippen LogP contribution in [0.2, 0.25) is 0 Å². The van der Waals surface area contributed by atoms with Gasteiger partial charge in [-0.05, 0) is 0 Å². The summed E-state index contributed by atoms with van der Waals surface area (Å²) in [6.45, 7) is 0.207. The molecule has 0 atom stereocenters. The van der Waals surface area contributed by atoms with Gasteiger partial charge in [-0.15, -0.1) is 0 Å². The summed E-state index contributed by atoms with van der Waals surface area (Å²) in [5, 5.41) is 4.70. The Morgan fingerprint density at radius 2 is 2.20 bits per heavy atom. The number of hydrogen-bond acceptors (Lipinski definition) is 2. The second-order valence-electron chi connectivity index (χ2n) is 1.76. The molecule has 3 amide bonds. The molecule has 1 aliphatic rings. The largest absolute Gasteiger partial charge is 0.333 e. The number of imide groups is 1. The summed E-state index contributed by atoms with van der Waals surface area (Å²) < 4.78 is 0. The lowest BCUT2D eigenvalue weighted by Gasteiger charge is -1.96. The number of nitrogens with one attached hydrogen (secondary N) is 2. The Labute approximate surface area is 62.2 Å². The van der Waals surface area contributed by atoms with E-state index in [4.69, 9.17) is 11.6 Å². The van der Waals surface area contributed by atoms with Gasteiger partial charge in [-0.25, -0.2) is 4.79 Å². The third kappa shape index (κ3) is 1.73. The van der Waals surface area contributed by atoms with E-state index in [2.05, 4.69) is 5.32 Å². The fraction of sp³-hybridized carbons (Fsp3) is 0.200. The SMILES string of the molecule is O=C1C=C(Cl)CNC(=O)N1. The highest BCUT2D eigenvalue weighted by Crippen LogP contribution is 1.99. The Hall–Kier alpha value is -1.03. The molecule has 0 aromatic heterocycles. The lowest BCUT2D eigenvalue weighted by molar-refractivity contribution is -0.115. The highest BCUT2D eigenvalue weighted by molar-refractivity contribution is 6.32. The molecule has 0 aromatic rings. The van der Waals surface area contributed by atoms with Crippen LogP contribution in [-0.4, -0.2) is 18.5 Å². The minimum Gasteiger partial charge on any atom is -0.333 e. The smallest absolute Gasteiger partial charge is 0.321 e. The van der Waals surface area contributed by atoms with E-state index >= 15 is 0 Å². The van der Waals surface area contributed by atoms with Crippen molar-refractivity contribution in [1.82, 2.24) is 10.6 Å². The number of hydrogen-bond donors (Lipinski definition) is 2. The highest BCUT2D eigenvalue weighted by Gasteiger charge is 2.10. The molecule has 0 fully saturated rings. The molecule has 0 saturated carbocycles. The molecule has 1 heterocycles. The summed E-state index contributed by atoms with van der Waals surface area (Å²) in [5.74, 6) is -0.486. The Morgan fingerprint density at radius 3 is 2.90 bits per heavy atom. The van der Waals surface area contributed by atoms with Crippen molar-refractivity contribution in [1.29, 1.82) is 0 Å². The number of amides is 3. The molecule has 0 saturated heterocycles. The third-order valence-electron chi connectivity index (χ3n) is 0.942. The molecule has 54 valence electrons. The topological polar surface area (TPSA) is 58.2 Å². The molecule has 0 aliphatic carbocycles. The van der Waals surface area contributed by atoms with Crippen LogP contribution in [0.25, 0.3) is 0 Å². The monoisotopic (exact) mass is 160 g/mol. The summed E-state index contributed by atoms with van der Waals surface area (Å²) in [6.07, 6.45) is 1.17. The minimum absolute atomic E-state index is 0.207. The average molecular weight is 161 g/mol. The van der Waals surface area contributed by atoms with Crippen molar-refractivity contribution in [2.24, 2.45) is 0 Å². The van der Waals surface area contributed by atoms with Crippen LogP contribution in [0, 0.1) is 0 Å². The standard InChI is InChI=1S/C5H5ClN2O2/c6-3-1-4(9)8-5(10)7-2-3/h1H,2H2,(H2,7,8,9,10). The molecule has 0 unspecified atom stereocenters. The van der Waals surface area contributed by atoms with Crippen LogP contribution in [-0.2, 0) is 4.79 Å². The highest BCUT2D eigenvalue weighted by atomic mass is 35.5. The van der Waals surface area contributed by atoms with Crippen LogP contribution >= 0.6 is 11.6 Å². The molecule has 0 bridgehead atoms. The zero-order valence-electron chi connectivity index (χ0n) is 4.98. The Kier molecular flexibility index (Phi) is 1.91. The summed E-state index contributed by atoms with van der Waals surface area (Å²) in [6, 6.07) is -0.517. The first-order valence-corrected chi connectivity index (χ1v) is 3.01. The van der Waals surface area contributed by atoms with Crippen LogP contribution in [0.3, 0.4) is 0 Å². The van der Waals surface area contributed by atoms with E-state index < -0.39 is 11.9 Å². The molecule has 4 nitrogen and oxygen atoms in total. The minimum atomic E-state index is -0.517. The molecule has 10 heavy (non-hydrogen) atoms. The second kappa shape index (κ2) is 2.70. The predicted molar refractivity (Wildman–Crippen MR) is 35.5 cm³/mol. The number of carbonyl (C=O) groups is 2. The van der Waals surface area contributed by atoms with Gasteiger partial charge in [0.05, 0.1) is 6.54 Å². The first-order chi connectivity index (χ1) is 4.68. The summed E-state index contributed by atoms with van der Waals surface area (Å²) in [5.41, 5.74) is 0. The van der Waals surface area contributed by atoms with E-state index in [0.717, 1.165) is 0 Å². The number of urea groups is 1. The van der Waals surface area contributed by atoms with E-state index in [9.17, 15) is 9.59 Å². The predicted octanol–water partition coefficient (Wildman–Crippen LogP) is -0.0515. The van der Waals surface area contributed by atoms with Crippen molar-refractivity contribution < 1.29 is 9.59 Å². The van der Waals surface area contributed by atoms with E-state index in [1.165, 1.54) is 6.08 Å². The molecule has 1 rings (SSSR count). The Bertz CT molecular complexity index is 212. The zero-order valence-corrected chi connectivity index (χ0v) is 5.73. The summed E-state index contributed by atoms with van der Waals surface area (Å²) in [7, 11) is 0. The van der Waals surface area contributed by atoms with Crippen LogP contribution in [0.1, 0.15) is 0 Å². The lowest BCUT2D eigenvalue weighted by atomic mass is 10.5. The summed E-state index contributed by atoms with van der Waals surface area (Å²) in [4.78, 5) is 21.1. The van der Waals surface area contributed by atoms with Crippen LogP contribution in [0.15, 0.2) is 11.1 Å². The van der Waals surface area contributed by atoms with Gasteiger partial charge in [0.25, 0.3) is 5.91 Å². The van der Waals surface area contributed by atoms with E-state index in [1.54, 1.807) is 0 Å². The lowest BCUT2D eigenvalue weighted by Crippen LogP contribution is -2.36. The fourth-order valence-corrected chi connectivity index (χ4v) is 0.716. The summed E-state index contributed by atoms with van der Waals surface area (Å²) >= 11 is 5.47. The van der Waals surface area contributed by atoms with Gasteiger partial charge in [0.1, 0.15) is 0 Å². The zero-order chi connectivity index (χ0) is 7.56. The fourth-order valence-electron chi connectivity index (χ4n) is 0.550. The van der Waals surface area contributed by atoms with Crippen LogP contribution in [0.5, 0.6) is 0 Å². The van der Waals surface area contributed by atoms with Crippen molar-refractivity contribution in [2.75, 3.05) is 6.54 Å².